The fraction of sp³-hybridized carbons (Fsp3) is 0.812. The fourth-order valence-corrected chi connectivity index (χ4v) is 3.49. The number of amides is 1. The van der Waals surface area contributed by atoms with Crippen molar-refractivity contribution in [1.29, 1.82) is 0 Å². The second kappa shape index (κ2) is 7.13. The van der Waals surface area contributed by atoms with Crippen molar-refractivity contribution in [2.24, 2.45) is 5.41 Å². The molecule has 0 fully saturated rings. The Balaban J connectivity index is 5.46. The summed E-state index contributed by atoms with van der Waals surface area (Å²) >= 11 is 0. The molecule has 130 valence electrons. The Morgan fingerprint density at radius 1 is 1.18 bits per heavy atom. The van der Waals surface area contributed by atoms with E-state index >= 15 is 0 Å². The number of sulfonamides is 1. The van der Waals surface area contributed by atoms with Crippen LogP contribution in [0.15, 0.2) is 12.7 Å². The maximum absolute atomic E-state index is 12.7. The Hall–Kier alpha value is -0.880. The molecule has 0 aliphatic rings. The minimum absolute atomic E-state index is 0.0284. The average Bonchev–Trinajstić information content (AvgIpc) is 2.27. The molecule has 1 unspecified atom stereocenters. The Morgan fingerprint density at radius 2 is 1.64 bits per heavy atom. The molecule has 22 heavy (non-hydrogen) atoms. The van der Waals surface area contributed by atoms with E-state index in [-0.39, 0.29) is 23.9 Å². The Bertz CT molecular complexity index is 498. The predicted molar refractivity (Wildman–Crippen MR) is 92.1 cm³/mol. The second-order valence-corrected chi connectivity index (χ2v) is 9.72. The molecular formula is C16H32N2O3S. The van der Waals surface area contributed by atoms with Gasteiger partial charge in [0.2, 0.25) is 15.9 Å². The molecule has 0 radical (unpaired) electrons. The van der Waals surface area contributed by atoms with Gasteiger partial charge in [0.25, 0.3) is 0 Å². The van der Waals surface area contributed by atoms with Crippen molar-refractivity contribution in [3.05, 3.63) is 12.7 Å². The Kier molecular flexibility index (Phi) is 6.84. The van der Waals surface area contributed by atoms with Gasteiger partial charge in [-0.05, 0) is 33.1 Å². The summed E-state index contributed by atoms with van der Waals surface area (Å²) in [6, 6.07) is -0.0284. The van der Waals surface area contributed by atoms with Crippen LogP contribution in [0.4, 0.5) is 0 Å². The molecule has 0 N–H and O–H groups in total. The van der Waals surface area contributed by atoms with Crippen molar-refractivity contribution in [1.82, 2.24) is 9.21 Å². The third-order valence-corrected chi connectivity index (χ3v) is 5.27. The van der Waals surface area contributed by atoms with E-state index in [0.29, 0.717) is 6.54 Å². The van der Waals surface area contributed by atoms with Gasteiger partial charge in [0.1, 0.15) is 0 Å². The summed E-state index contributed by atoms with van der Waals surface area (Å²) in [5.74, 6) is -0.206. The highest BCUT2D eigenvalue weighted by atomic mass is 32.2. The van der Waals surface area contributed by atoms with Gasteiger partial charge in [-0.2, -0.15) is 4.31 Å². The van der Waals surface area contributed by atoms with Crippen molar-refractivity contribution >= 4 is 15.9 Å². The van der Waals surface area contributed by atoms with E-state index in [1.54, 1.807) is 31.7 Å². The van der Waals surface area contributed by atoms with E-state index in [1.807, 2.05) is 6.92 Å². The van der Waals surface area contributed by atoms with Gasteiger partial charge in [0.05, 0.1) is 12.8 Å². The highest BCUT2D eigenvalue weighted by Gasteiger charge is 2.35. The van der Waals surface area contributed by atoms with E-state index in [0.717, 1.165) is 6.26 Å². The standard InChI is InChI=1S/C16H32N2O3S/c1-10-11-17(13(2)15(3,4)5)14(19)12-18(16(6,7)8)22(9,20)21/h10,13H,1,11-12H2,2-9H3. The fourth-order valence-electron chi connectivity index (χ4n) is 2.15. The summed E-state index contributed by atoms with van der Waals surface area (Å²) in [5, 5.41) is 0. The van der Waals surface area contributed by atoms with Gasteiger partial charge in [-0.1, -0.05) is 26.8 Å². The summed E-state index contributed by atoms with van der Waals surface area (Å²) in [6.45, 7) is 17.4. The van der Waals surface area contributed by atoms with Crippen molar-refractivity contribution in [2.45, 2.75) is 60.0 Å². The number of nitrogens with zero attached hydrogens (tertiary/aromatic N) is 2. The molecule has 6 heteroatoms. The molecule has 0 saturated carbocycles. The number of hydrogen-bond acceptors (Lipinski definition) is 3. The monoisotopic (exact) mass is 332 g/mol. The Labute approximate surface area is 136 Å². The lowest BCUT2D eigenvalue weighted by Crippen LogP contribution is -2.54. The maximum Gasteiger partial charge on any atom is 0.238 e. The van der Waals surface area contributed by atoms with Crippen LogP contribution in [0, 0.1) is 5.41 Å². The minimum atomic E-state index is -3.47. The molecule has 0 aromatic heterocycles. The normalized spacial score (nSPS) is 14.8. The molecule has 0 bridgehead atoms. The lowest BCUT2D eigenvalue weighted by molar-refractivity contribution is -0.135. The minimum Gasteiger partial charge on any atom is -0.335 e. The number of carbonyl (C=O) groups is 1. The van der Waals surface area contributed by atoms with Crippen LogP contribution >= 0.6 is 0 Å². The molecule has 0 spiro atoms. The summed E-state index contributed by atoms with van der Waals surface area (Å²) in [5.41, 5.74) is -0.746. The molecule has 0 heterocycles. The third kappa shape index (κ3) is 6.08. The second-order valence-electron chi connectivity index (χ2n) is 7.82. The van der Waals surface area contributed by atoms with Crippen molar-refractivity contribution in [3.8, 4) is 0 Å². The smallest absolute Gasteiger partial charge is 0.238 e. The van der Waals surface area contributed by atoms with Crippen LogP contribution in [-0.2, 0) is 14.8 Å². The molecule has 0 aliphatic carbocycles. The van der Waals surface area contributed by atoms with Gasteiger partial charge >= 0.3 is 0 Å². The molecule has 1 atom stereocenters. The largest absolute Gasteiger partial charge is 0.335 e. The van der Waals surface area contributed by atoms with Crippen molar-refractivity contribution < 1.29 is 13.2 Å². The van der Waals surface area contributed by atoms with Gasteiger partial charge in [-0.25, -0.2) is 8.42 Å². The SMILES string of the molecule is C=CCN(C(=O)CN(C(C)(C)C)S(C)(=O)=O)C(C)C(C)(C)C. The maximum atomic E-state index is 12.7. The van der Waals surface area contributed by atoms with E-state index in [2.05, 4.69) is 27.4 Å². The molecule has 5 nitrogen and oxygen atoms in total. The zero-order valence-corrected chi connectivity index (χ0v) is 16.1. The van der Waals surface area contributed by atoms with Gasteiger partial charge in [0.15, 0.2) is 0 Å². The topological polar surface area (TPSA) is 57.7 Å². The van der Waals surface area contributed by atoms with Gasteiger partial charge in [0, 0.05) is 18.1 Å². The number of carbonyl (C=O) groups excluding carboxylic acids is 1. The lowest BCUT2D eigenvalue weighted by atomic mass is 9.87. The zero-order chi connectivity index (χ0) is 17.9. The van der Waals surface area contributed by atoms with E-state index < -0.39 is 15.6 Å². The molecule has 0 aromatic carbocycles. The van der Waals surface area contributed by atoms with E-state index in [9.17, 15) is 13.2 Å². The van der Waals surface area contributed by atoms with Crippen LogP contribution in [-0.4, -0.2) is 54.5 Å². The van der Waals surface area contributed by atoms with E-state index in [4.69, 9.17) is 0 Å². The van der Waals surface area contributed by atoms with Crippen LogP contribution < -0.4 is 0 Å². The molecule has 1 amide bonds. The molecule has 0 aliphatic heterocycles. The van der Waals surface area contributed by atoms with Gasteiger partial charge in [-0.3, -0.25) is 4.79 Å². The van der Waals surface area contributed by atoms with Gasteiger partial charge < -0.3 is 4.90 Å². The number of rotatable bonds is 6. The molecular weight excluding hydrogens is 300 g/mol. The van der Waals surface area contributed by atoms with Crippen LogP contribution in [0.2, 0.25) is 0 Å². The zero-order valence-electron chi connectivity index (χ0n) is 15.3. The molecule has 0 saturated heterocycles. The van der Waals surface area contributed by atoms with Crippen LogP contribution in [0.1, 0.15) is 48.5 Å². The van der Waals surface area contributed by atoms with Crippen LogP contribution in [0.25, 0.3) is 0 Å². The first kappa shape index (κ1) is 21.1. The van der Waals surface area contributed by atoms with Gasteiger partial charge in [-0.15, -0.1) is 6.58 Å². The third-order valence-electron chi connectivity index (χ3n) is 3.79. The van der Waals surface area contributed by atoms with Crippen LogP contribution in [0.5, 0.6) is 0 Å². The van der Waals surface area contributed by atoms with E-state index in [1.165, 1.54) is 4.31 Å². The summed E-state index contributed by atoms with van der Waals surface area (Å²) < 4.78 is 25.2. The predicted octanol–water partition coefficient (Wildman–Crippen LogP) is 2.50. The average molecular weight is 333 g/mol. The van der Waals surface area contributed by atoms with Crippen LogP contribution in [0.3, 0.4) is 0 Å². The lowest BCUT2D eigenvalue weighted by Gasteiger charge is -2.40. The van der Waals surface area contributed by atoms with Crippen molar-refractivity contribution in [2.75, 3.05) is 19.3 Å². The highest BCUT2D eigenvalue weighted by Crippen LogP contribution is 2.25. The first-order chi connectivity index (χ1) is 9.62. The van der Waals surface area contributed by atoms with Crippen molar-refractivity contribution in [3.63, 3.8) is 0 Å². The number of hydrogen-bond donors (Lipinski definition) is 0. The summed E-state index contributed by atoms with van der Waals surface area (Å²) in [7, 11) is -3.47. The quantitative estimate of drug-likeness (QED) is 0.702. The first-order valence-corrected chi connectivity index (χ1v) is 9.35. The first-order valence-electron chi connectivity index (χ1n) is 7.50. The summed E-state index contributed by atoms with van der Waals surface area (Å²) in [6.07, 6.45) is 2.80. The molecule has 0 aromatic rings. The molecule has 0 rings (SSSR count). The highest BCUT2D eigenvalue weighted by molar-refractivity contribution is 7.88. The summed E-state index contributed by atoms with van der Waals surface area (Å²) in [4.78, 5) is 14.4. The Morgan fingerprint density at radius 3 is 1.91 bits per heavy atom.